The lowest BCUT2D eigenvalue weighted by Gasteiger charge is -2.37. The van der Waals surface area contributed by atoms with Crippen molar-refractivity contribution in [1.29, 1.82) is 0 Å². The van der Waals surface area contributed by atoms with E-state index in [1.54, 1.807) is 0 Å². The summed E-state index contributed by atoms with van der Waals surface area (Å²) in [5.74, 6) is 0. The van der Waals surface area contributed by atoms with Crippen LogP contribution in [0.2, 0.25) is 36.3 Å². The van der Waals surface area contributed by atoms with Gasteiger partial charge < -0.3 is 14.0 Å². The third-order valence-electron chi connectivity index (χ3n) is 5.16. The molecule has 0 aromatic rings. The first-order valence-electron chi connectivity index (χ1n) is 8.06. The highest BCUT2D eigenvalue weighted by atomic mass is 28.4. The molecule has 0 rings (SSSR count). The molecule has 0 spiro atoms. The van der Waals surface area contributed by atoms with Crippen LogP contribution < -0.4 is 0 Å². The lowest BCUT2D eigenvalue weighted by molar-refractivity contribution is 0.0777. The molecule has 0 amide bonds. The van der Waals surface area contributed by atoms with Crippen molar-refractivity contribution in [2.24, 2.45) is 0 Å². The van der Waals surface area contributed by atoms with Gasteiger partial charge in [-0.3, -0.25) is 0 Å². The zero-order valence-electron chi connectivity index (χ0n) is 16.0. The molecule has 0 fully saturated rings. The monoisotopic (exact) mass is 334 g/mol. The first-order valence-corrected chi connectivity index (χ1v) is 13.9. The van der Waals surface area contributed by atoms with Crippen LogP contribution in [-0.4, -0.2) is 41.1 Å². The zero-order valence-corrected chi connectivity index (χ0v) is 18.0. The van der Waals surface area contributed by atoms with Crippen LogP contribution in [0.3, 0.4) is 0 Å². The Labute approximate surface area is 134 Å². The highest BCUT2D eigenvalue weighted by Crippen LogP contribution is 2.37. The van der Waals surface area contributed by atoms with Crippen molar-refractivity contribution in [3.8, 4) is 0 Å². The average molecular weight is 335 g/mol. The molecule has 0 saturated carbocycles. The second-order valence-electron chi connectivity index (χ2n) is 9.12. The number of aliphatic hydroxyl groups excluding tert-OH is 1. The van der Waals surface area contributed by atoms with Crippen molar-refractivity contribution in [2.45, 2.75) is 90.3 Å². The maximum atomic E-state index is 10.1. The topological polar surface area (TPSA) is 38.7 Å². The van der Waals surface area contributed by atoms with Gasteiger partial charge in [0.05, 0.1) is 12.7 Å². The largest absolute Gasteiger partial charge is 0.417 e. The summed E-state index contributed by atoms with van der Waals surface area (Å²) in [7, 11) is -3.47. The van der Waals surface area contributed by atoms with E-state index in [1.165, 1.54) is 0 Å². The van der Waals surface area contributed by atoms with Crippen molar-refractivity contribution in [2.75, 3.05) is 13.2 Å². The van der Waals surface area contributed by atoms with Crippen LogP contribution in [0.1, 0.15) is 48.0 Å². The number of hydrogen-bond donors (Lipinski definition) is 1. The van der Waals surface area contributed by atoms with Gasteiger partial charge in [-0.1, -0.05) is 41.5 Å². The summed E-state index contributed by atoms with van der Waals surface area (Å²) in [6, 6.07) is 0. The van der Waals surface area contributed by atoms with Gasteiger partial charge in [0, 0.05) is 6.61 Å². The lowest BCUT2D eigenvalue weighted by atomic mass is 10.2. The van der Waals surface area contributed by atoms with Crippen molar-refractivity contribution >= 4 is 16.6 Å². The van der Waals surface area contributed by atoms with Crippen molar-refractivity contribution < 1.29 is 14.0 Å². The zero-order chi connectivity index (χ0) is 17.1. The van der Waals surface area contributed by atoms with Crippen molar-refractivity contribution in [3.05, 3.63) is 0 Å². The quantitative estimate of drug-likeness (QED) is 0.681. The highest BCUT2D eigenvalue weighted by Gasteiger charge is 2.38. The fraction of sp³-hybridized carbons (Fsp3) is 1.00. The van der Waals surface area contributed by atoms with Crippen LogP contribution in [0, 0.1) is 0 Å². The van der Waals surface area contributed by atoms with Crippen molar-refractivity contribution in [1.82, 2.24) is 0 Å². The molecule has 0 aliphatic heterocycles. The lowest BCUT2D eigenvalue weighted by Crippen LogP contribution is -2.43. The Bertz CT molecular complexity index is 314. The summed E-state index contributed by atoms with van der Waals surface area (Å²) in [4.78, 5) is 0. The minimum Gasteiger partial charge on any atom is -0.417 e. The van der Waals surface area contributed by atoms with E-state index in [2.05, 4.69) is 67.7 Å². The van der Waals surface area contributed by atoms with E-state index in [9.17, 15) is 5.11 Å². The molecule has 0 unspecified atom stereocenters. The van der Waals surface area contributed by atoms with Gasteiger partial charge in [-0.05, 0) is 42.7 Å². The van der Waals surface area contributed by atoms with Gasteiger partial charge in [0.15, 0.2) is 16.6 Å². The number of aliphatic hydroxyl groups is 1. The normalized spacial score (nSPS) is 16.1. The third-order valence-corrected chi connectivity index (χ3v) is 14.2. The molecule has 1 N–H and O–H groups in total. The predicted octanol–water partition coefficient (Wildman–Crippen LogP) is 4.78. The van der Waals surface area contributed by atoms with Gasteiger partial charge in [-0.15, -0.1) is 0 Å². The van der Waals surface area contributed by atoms with E-state index in [-0.39, 0.29) is 10.1 Å². The van der Waals surface area contributed by atoms with Gasteiger partial charge in [0.1, 0.15) is 0 Å². The molecule has 0 aliphatic rings. The van der Waals surface area contributed by atoms with Crippen LogP contribution in [0.4, 0.5) is 0 Å². The predicted molar refractivity (Wildman–Crippen MR) is 96.9 cm³/mol. The molecule has 128 valence electrons. The fourth-order valence-electron chi connectivity index (χ4n) is 1.27. The summed E-state index contributed by atoms with van der Waals surface area (Å²) in [5.41, 5.74) is 0. The Balaban J connectivity index is 4.17. The van der Waals surface area contributed by atoms with Crippen LogP contribution >= 0.6 is 0 Å². The average Bonchev–Trinajstić information content (AvgIpc) is 2.23. The second kappa shape index (κ2) is 7.26. The Morgan fingerprint density at radius 1 is 0.810 bits per heavy atom. The maximum absolute atomic E-state index is 10.1. The smallest absolute Gasteiger partial charge is 0.192 e. The second-order valence-corrected chi connectivity index (χ2v) is 18.7. The van der Waals surface area contributed by atoms with E-state index in [0.717, 1.165) is 0 Å². The molecular formula is C16H38O3Si2. The molecule has 1 atom stereocenters. The number of hydrogen-bond acceptors (Lipinski definition) is 3. The Kier molecular flexibility index (Phi) is 7.37. The maximum Gasteiger partial charge on any atom is 0.192 e. The van der Waals surface area contributed by atoms with Crippen LogP contribution in [0.25, 0.3) is 0 Å². The van der Waals surface area contributed by atoms with Gasteiger partial charge >= 0.3 is 0 Å². The summed E-state index contributed by atoms with van der Waals surface area (Å²) in [6.45, 7) is 23.3. The molecule has 0 heterocycles. The SMILES string of the molecule is CC(C)(C)[Si](C)(C)OCC[C@@H](O)CO[Si](C)(C)C(C)(C)C. The Hall–Kier alpha value is 0.314. The minimum absolute atomic E-state index is 0.185. The summed E-state index contributed by atoms with van der Waals surface area (Å²) < 4.78 is 12.1. The van der Waals surface area contributed by atoms with Crippen LogP contribution in [-0.2, 0) is 8.85 Å². The molecule has 0 bridgehead atoms. The molecule has 5 heteroatoms. The minimum atomic E-state index is -1.77. The molecular weight excluding hydrogens is 296 g/mol. The van der Waals surface area contributed by atoms with E-state index < -0.39 is 22.7 Å². The molecule has 0 aromatic carbocycles. The summed E-state index contributed by atoms with van der Waals surface area (Å²) in [6.07, 6.45) is 0.227. The van der Waals surface area contributed by atoms with Gasteiger partial charge in [-0.25, -0.2) is 0 Å². The van der Waals surface area contributed by atoms with Crippen molar-refractivity contribution in [3.63, 3.8) is 0 Å². The Morgan fingerprint density at radius 3 is 1.57 bits per heavy atom. The van der Waals surface area contributed by atoms with Gasteiger partial charge in [0.25, 0.3) is 0 Å². The van der Waals surface area contributed by atoms with Crippen LogP contribution in [0.15, 0.2) is 0 Å². The molecule has 0 aromatic heterocycles. The molecule has 0 aliphatic carbocycles. The van der Waals surface area contributed by atoms with Crippen LogP contribution in [0.5, 0.6) is 0 Å². The fourth-order valence-corrected chi connectivity index (χ4v) is 3.37. The number of rotatable bonds is 7. The summed E-state index contributed by atoms with van der Waals surface area (Å²) >= 11 is 0. The molecule has 21 heavy (non-hydrogen) atoms. The third kappa shape index (κ3) is 6.95. The van der Waals surface area contributed by atoms with Gasteiger partial charge in [0.2, 0.25) is 0 Å². The highest BCUT2D eigenvalue weighted by molar-refractivity contribution is 6.74. The summed E-state index contributed by atoms with van der Waals surface area (Å²) in [5, 5.41) is 10.5. The standard InChI is InChI=1S/C16H38O3Si2/c1-15(2,3)20(7,8)18-12-11-14(17)13-19-21(9,10)16(4,5)6/h14,17H,11-13H2,1-10H3/t14-/m1/s1. The van der Waals surface area contributed by atoms with E-state index >= 15 is 0 Å². The molecule has 0 radical (unpaired) electrons. The first kappa shape index (κ1) is 21.3. The first-order chi connectivity index (χ1) is 9.10. The Morgan fingerprint density at radius 2 is 1.19 bits per heavy atom. The molecule has 0 saturated heterocycles. The van der Waals surface area contributed by atoms with E-state index in [1.807, 2.05) is 0 Å². The molecule has 3 nitrogen and oxygen atoms in total. The van der Waals surface area contributed by atoms with E-state index in [0.29, 0.717) is 19.6 Å². The van der Waals surface area contributed by atoms with E-state index in [4.69, 9.17) is 8.85 Å². The van der Waals surface area contributed by atoms with Gasteiger partial charge in [-0.2, -0.15) is 0 Å².